The van der Waals surface area contributed by atoms with Crippen LogP contribution in [0.4, 0.5) is 0 Å². The number of Topliss-reactive ketones (excluding diaryl/α,β-unsaturated/α-hetero) is 1. The maximum Gasteiger partial charge on any atom is 0.339 e. The summed E-state index contributed by atoms with van der Waals surface area (Å²) in [7, 11) is 1.91. The maximum absolute atomic E-state index is 12.9. The van der Waals surface area contributed by atoms with Crippen LogP contribution in [0.1, 0.15) is 32.1 Å². The van der Waals surface area contributed by atoms with Crippen LogP contribution < -0.4 is 0 Å². The Bertz CT molecular complexity index is 1220. The minimum Gasteiger partial charge on any atom is -0.454 e. The van der Waals surface area contributed by atoms with Gasteiger partial charge in [-0.05, 0) is 43.5 Å². The van der Waals surface area contributed by atoms with E-state index in [4.69, 9.17) is 4.74 Å². The molecule has 0 bridgehead atoms. The van der Waals surface area contributed by atoms with Gasteiger partial charge in [0.1, 0.15) is 0 Å². The zero-order valence-electron chi connectivity index (χ0n) is 16.4. The van der Waals surface area contributed by atoms with Crippen molar-refractivity contribution in [3.63, 3.8) is 0 Å². The summed E-state index contributed by atoms with van der Waals surface area (Å²) in [6.07, 6.45) is 0. The van der Waals surface area contributed by atoms with Crippen molar-refractivity contribution in [1.82, 2.24) is 9.55 Å². The van der Waals surface area contributed by atoms with Gasteiger partial charge in [-0.2, -0.15) is 0 Å². The van der Waals surface area contributed by atoms with E-state index in [2.05, 4.69) is 4.98 Å². The standard InChI is InChI=1S/C23H20N2O3S/c1-14-11-17(15(2)25(14)3)21(26)13-28-23(27)18-12-20(22-9-6-10-29-22)24-19-8-5-4-7-16(18)19/h4-12H,13H2,1-3H3. The fraction of sp³-hybridized carbons (Fsp3) is 0.174. The number of thiophene rings is 1. The van der Waals surface area contributed by atoms with E-state index in [1.165, 1.54) is 0 Å². The summed E-state index contributed by atoms with van der Waals surface area (Å²) < 4.78 is 7.35. The molecule has 29 heavy (non-hydrogen) atoms. The molecule has 0 spiro atoms. The number of ether oxygens (including phenoxy) is 1. The first-order valence-corrected chi connectivity index (χ1v) is 10.1. The molecule has 1 aromatic carbocycles. The van der Waals surface area contributed by atoms with Crippen LogP contribution in [-0.2, 0) is 11.8 Å². The number of ketones is 1. The second-order valence-electron chi connectivity index (χ2n) is 6.89. The van der Waals surface area contributed by atoms with Gasteiger partial charge in [-0.1, -0.05) is 24.3 Å². The monoisotopic (exact) mass is 404 g/mol. The van der Waals surface area contributed by atoms with Crippen molar-refractivity contribution in [2.75, 3.05) is 6.61 Å². The highest BCUT2D eigenvalue weighted by molar-refractivity contribution is 7.13. The number of fused-ring (bicyclic) bond motifs is 1. The first-order chi connectivity index (χ1) is 14.0. The van der Waals surface area contributed by atoms with Crippen molar-refractivity contribution in [2.45, 2.75) is 13.8 Å². The third-order valence-corrected chi connectivity index (χ3v) is 6.01. The highest BCUT2D eigenvalue weighted by atomic mass is 32.1. The molecule has 0 fully saturated rings. The van der Waals surface area contributed by atoms with Crippen molar-refractivity contribution in [2.24, 2.45) is 7.05 Å². The Hall–Kier alpha value is -3.25. The molecule has 0 aliphatic carbocycles. The van der Waals surface area contributed by atoms with Crippen molar-refractivity contribution in [3.8, 4) is 10.6 Å². The Morgan fingerprint density at radius 1 is 1.07 bits per heavy atom. The van der Waals surface area contributed by atoms with Gasteiger partial charge in [0, 0.05) is 29.4 Å². The normalized spacial score (nSPS) is 11.0. The number of rotatable bonds is 5. The number of benzene rings is 1. The van der Waals surface area contributed by atoms with Gasteiger partial charge in [0.05, 0.1) is 21.7 Å². The topological polar surface area (TPSA) is 61.2 Å². The summed E-state index contributed by atoms with van der Waals surface area (Å²) in [5, 5.41) is 2.67. The third-order valence-electron chi connectivity index (χ3n) is 5.12. The van der Waals surface area contributed by atoms with Gasteiger partial charge in [-0.3, -0.25) is 4.79 Å². The first kappa shape index (κ1) is 19.1. The van der Waals surface area contributed by atoms with Gasteiger partial charge in [-0.25, -0.2) is 9.78 Å². The predicted octanol–water partition coefficient (Wildman–Crippen LogP) is 4.96. The molecule has 5 nitrogen and oxygen atoms in total. The summed E-state index contributed by atoms with van der Waals surface area (Å²) in [6, 6.07) is 14.9. The molecule has 0 aliphatic rings. The van der Waals surface area contributed by atoms with Crippen LogP contribution in [-0.4, -0.2) is 27.9 Å². The molecule has 0 saturated carbocycles. The van der Waals surface area contributed by atoms with Crippen LogP contribution in [0.2, 0.25) is 0 Å². The van der Waals surface area contributed by atoms with E-state index in [0.29, 0.717) is 27.7 Å². The number of para-hydroxylation sites is 1. The molecule has 0 amide bonds. The van der Waals surface area contributed by atoms with Gasteiger partial charge >= 0.3 is 5.97 Å². The predicted molar refractivity (Wildman–Crippen MR) is 115 cm³/mol. The summed E-state index contributed by atoms with van der Waals surface area (Å²) in [5.41, 5.74) is 4.26. The molecule has 0 radical (unpaired) electrons. The van der Waals surface area contributed by atoms with E-state index in [0.717, 1.165) is 16.3 Å². The Labute approximate surface area is 172 Å². The number of carbonyl (C=O) groups is 2. The maximum atomic E-state index is 12.9. The highest BCUT2D eigenvalue weighted by Gasteiger charge is 2.19. The molecule has 0 atom stereocenters. The number of hydrogen-bond donors (Lipinski definition) is 0. The molecule has 3 heterocycles. The molecule has 6 heteroatoms. The van der Waals surface area contributed by atoms with Crippen molar-refractivity contribution in [1.29, 1.82) is 0 Å². The van der Waals surface area contributed by atoms with Crippen LogP contribution in [0.25, 0.3) is 21.5 Å². The summed E-state index contributed by atoms with van der Waals surface area (Å²) in [5.74, 6) is -0.739. The zero-order valence-corrected chi connectivity index (χ0v) is 17.2. The molecule has 0 N–H and O–H groups in total. The van der Waals surface area contributed by atoms with Gasteiger partial charge < -0.3 is 9.30 Å². The molecule has 0 unspecified atom stereocenters. The number of esters is 1. The van der Waals surface area contributed by atoms with Crippen molar-refractivity contribution in [3.05, 3.63) is 76.4 Å². The Morgan fingerprint density at radius 2 is 1.86 bits per heavy atom. The van der Waals surface area contributed by atoms with Crippen LogP contribution in [0.15, 0.2) is 53.9 Å². The number of pyridine rings is 1. The molecule has 4 aromatic rings. The average molecular weight is 404 g/mol. The fourth-order valence-corrected chi connectivity index (χ4v) is 4.01. The van der Waals surface area contributed by atoms with Gasteiger partial charge in [-0.15, -0.1) is 11.3 Å². The molecule has 146 valence electrons. The van der Waals surface area contributed by atoms with Crippen LogP contribution in [0.5, 0.6) is 0 Å². The molecular weight excluding hydrogens is 384 g/mol. The first-order valence-electron chi connectivity index (χ1n) is 9.22. The number of nitrogens with zero attached hydrogens (tertiary/aromatic N) is 2. The molecule has 3 aromatic heterocycles. The van der Waals surface area contributed by atoms with Gasteiger partial charge in [0.2, 0.25) is 5.78 Å². The van der Waals surface area contributed by atoms with Gasteiger partial charge in [0.25, 0.3) is 0 Å². The highest BCUT2D eigenvalue weighted by Crippen LogP contribution is 2.28. The van der Waals surface area contributed by atoms with E-state index in [1.54, 1.807) is 17.4 Å². The number of carbonyl (C=O) groups excluding carboxylic acids is 2. The van der Waals surface area contributed by atoms with E-state index >= 15 is 0 Å². The molecule has 0 saturated heterocycles. The third kappa shape index (κ3) is 3.59. The quantitative estimate of drug-likeness (QED) is 0.348. The van der Waals surface area contributed by atoms with E-state index in [1.807, 2.05) is 73.3 Å². The Balaban J connectivity index is 1.63. The summed E-state index contributed by atoms with van der Waals surface area (Å²) >= 11 is 1.55. The smallest absolute Gasteiger partial charge is 0.339 e. The Kier molecular flexibility index (Phi) is 5.03. The zero-order chi connectivity index (χ0) is 20.5. The van der Waals surface area contributed by atoms with Crippen LogP contribution in [0.3, 0.4) is 0 Å². The number of hydrogen-bond acceptors (Lipinski definition) is 5. The lowest BCUT2D eigenvalue weighted by molar-refractivity contribution is 0.0476. The lowest BCUT2D eigenvalue weighted by Crippen LogP contribution is -2.15. The second-order valence-corrected chi connectivity index (χ2v) is 7.84. The summed E-state index contributed by atoms with van der Waals surface area (Å²) in [6.45, 7) is 3.52. The summed E-state index contributed by atoms with van der Waals surface area (Å²) in [4.78, 5) is 31.1. The molecule has 4 rings (SSSR count). The number of aromatic nitrogens is 2. The minimum absolute atomic E-state index is 0.212. The SMILES string of the molecule is Cc1cc(C(=O)COC(=O)c2cc(-c3cccs3)nc3ccccc23)c(C)n1C. The lowest BCUT2D eigenvalue weighted by atomic mass is 10.1. The fourth-order valence-electron chi connectivity index (χ4n) is 3.32. The molecule has 0 aliphatic heterocycles. The van der Waals surface area contributed by atoms with E-state index < -0.39 is 5.97 Å². The second kappa shape index (κ2) is 7.64. The largest absolute Gasteiger partial charge is 0.454 e. The number of aryl methyl sites for hydroxylation is 1. The van der Waals surface area contributed by atoms with E-state index in [9.17, 15) is 9.59 Å². The van der Waals surface area contributed by atoms with Crippen molar-refractivity contribution >= 4 is 34.0 Å². The minimum atomic E-state index is -0.528. The lowest BCUT2D eigenvalue weighted by Gasteiger charge is -2.09. The average Bonchev–Trinajstić information content (AvgIpc) is 3.36. The van der Waals surface area contributed by atoms with Crippen LogP contribution >= 0.6 is 11.3 Å². The van der Waals surface area contributed by atoms with Gasteiger partial charge in [0.15, 0.2) is 6.61 Å². The molecular formula is C23H20N2O3S. The van der Waals surface area contributed by atoms with E-state index in [-0.39, 0.29) is 12.4 Å². The van der Waals surface area contributed by atoms with Crippen molar-refractivity contribution < 1.29 is 14.3 Å². The van der Waals surface area contributed by atoms with Crippen LogP contribution in [0, 0.1) is 13.8 Å². The Morgan fingerprint density at radius 3 is 2.55 bits per heavy atom.